The van der Waals surface area contributed by atoms with Crippen LogP contribution in [0.4, 0.5) is 4.39 Å². The van der Waals surface area contributed by atoms with Crippen LogP contribution in [0.3, 0.4) is 0 Å². The number of aryl methyl sites for hydroxylation is 2. The predicted octanol–water partition coefficient (Wildman–Crippen LogP) is 3.96. The molecular weight excluding hydrogens is 215 g/mol. The van der Waals surface area contributed by atoms with E-state index in [4.69, 9.17) is 0 Å². The first-order valence-electron chi connectivity index (χ1n) is 5.82. The first-order chi connectivity index (χ1) is 8.00. The van der Waals surface area contributed by atoms with Crippen LogP contribution < -0.4 is 0 Å². The number of benzene rings is 1. The van der Waals surface area contributed by atoms with Crippen LogP contribution in [-0.2, 0) is 0 Å². The summed E-state index contributed by atoms with van der Waals surface area (Å²) in [4.78, 5) is 0. The molecule has 0 bridgehead atoms. The summed E-state index contributed by atoms with van der Waals surface area (Å²) < 4.78 is 13.4. The van der Waals surface area contributed by atoms with Crippen molar-refractivity contribution in [1.29, 1.82) is 0 Å². The number of rotatable bonds is 2. The van der Waals surface area contributed by atoms with E-state index >= 15 is 0 Å². The molecule has 0 unspecified atom stereocenters. The number of aromatic nitrogens is 2. The van der Waals surface area contributed by atoms with Crippen LogP contribution in [0, 0.1) is 19.7 Å². The third-order valence-electron chi connectivity index (χ3n) is 3.03. The summed E-state index contributed by atoms with van der Waals surface area (Å²) in [5.74, 6) is 0.156. The summed E-state index contributed by atoms with van der Waals surface area (Å²) in [6.45, 7) is 8.13. The van der Waals surface area contributed by atoms with Gasteiger partial charge in [0, 0.05) is 11.3 Å². The van der Waals surface area contributed by atoms with Gasteiger partial charge in [0.05, 0.1) is 5.69 Å². The largest absolute Gasteiger partial charge is 0.282 e. The van der Waals surface area contributed by atoms with Gasteiger partial charge in [-0.05, 0) is 43.0 Å². The molecule has 0 spiro atoms. The Kier molecular flexibility index (Phi) is 3.01. The minimum absolute atomic E-state index is 0.204. The first-order valence-corrected chi connectivity index (χ1v) is 5.82. The number of nitrogens with zero attached hydrogens (tertiary/aromatic N) is 1. The van der Waals surface area contributed by atoms with Crippen LogP contribution in [0.25, 0.3) is 11.1 Å². The van der Waals surface area contributed by atoms with Crippen LogP contribution in [0.1, 0.15) is 36.7 Å². The van der Waals surface area contributed by atoms with Crippen molar-refractivity contribution in [3.05, 3.63) is 41.0 Å². The second-order valence-electron chi connectivity index (χ2n) is 4.70. The van der Waals surface area contributed by atoms with Gasteiger partial charge in [-0.25, -0.2) is 4.39 Å². The van der Waals surface area contributed by atoms with Crippen LogP contribution in [0.15, 0.2) is 18.2 Å². The number of H-pyrrole nitrogens is 1. The van der Waals surface area contributed by atoms with E-state index in [-0.39, 0.29) is 5.82 Å². The molecule has 0 radical (unpaired) electrons. The fraction of sp³-hybridized carbons (Fsp3) is 0.357. The summed E-state index contributed by atoms with van der Waals surface area (Å²) in [6.07, 6.45) is 0. The standard InChI is InChI=1S/C14H17FN2/c1-8(2)12-6-5-11(15)7-13(12)14-9(3)16-17-10(14)4/h5-8H,1-4H3,(H,16,17). The van der Waals surface area contributed by atoms with Gasteiger partial charge in [-0.3, -0.25) is 5.10 Å². The third-order valence-corrected chi connectivity index (χ3v) is 3.03. The van der Waals surface area contributed by atoms with Crippen LogP contribution in [0.2, 0.25) is 0 Å². The molecule has 0 aliphatic heterocycles. The molecule has 0 amide bonds. The van der Waals surface area contributed by atoms with Crippen molar-refractivity contribution < 1.29 is 4.39 Å². The Morgan fingerprint density at radius 1 is 1.24 bits per heavy atom. The Morgan fingerprint density at radius 2 is 1.94 bits per heavy atom. The highest BCUT2D eigenvalue weighted by atomic mass is 19.1. The minimum Gasteiger partial charge on any atom is -0.282 e. The fourth-order valence-corrected chi connectivity index (χ4v) is 2.20. The Labute approximate surface area is 101 Å². The molecule has 0 fully saturated rings. The summed E-state index contributed by atoms with van der Waals surface area (Å²) in [5.41, 5.74) is 5.01. The van der Waals surface area contributed by atoms with Crippen molar-refractivity contribution in [1.82, 2.24) is 10.2 Å². The smallest absolute Gasteiger partial charge is 0.123 e. The van der Waals surface area contributed by atoms with Gasteiger partial charge in [0.2, 0.25) is 0 Å². The maximum absolute atomic E-state index is 13.4. The molecule has 1 aromatic heterocycles. The van der Waals surface area contributed by atoms with Gasteiger partial charge >= 0.3 is 0 Å². The number of hydrogen-bond donors (Lipinski definition) is 1. The quantitative estimate of drug-likeness (QED) is 0.834. The lowest BCUT2D eigenvalue weighted by Gasteiger charge is -2.13. The maximum atomic E-state index is 13.4. The zero-order chi connectivity index (χ0) is 12.6. The Bertz CT molecular complexity index is 522. The number of hydrogen-bond acceptors (Lipinski definition) is 1. The summed E-state index contributed by atoms with van der Waals surface area (Å²) >= 11 is 0. The Hall–Kier alpha value is -1.64. The zero-order valence-electron chi connectivity index (χ0n) is 10.6. The van der Waals surface area contributed by atoms with Crippen molar-refractivity contribution in [3.8, 4) is 11.1 Å². The normalized spacial score (nSPS) is 11.2. The van der Waals surface area contributed by atoms with E-state index in [1.807, 2.05) is 19.9 Å². The van der Waals surface area contributed by atoms with Crippen molar-refractivity contribution in [3.63, 3.8) is 0 Å². The van der Waals surface area contributed by atoms with Crippen molar-refractivity contribution in [2.75, 3.05) is 0 Å². The van der Waals surface area contributed by atoms with E-state index in [9.17, 15) is 4.39 Å². The molecule has 2 rings (SSSR count). The molecule has 1 heterocycles. The summed E-state index contributed by atoms with van der Waals surface area (Å²) in [5, 5.41) is 7.12. The summed E-state index contributed by atoms with van der Waals surface area (Å²) in [6, 6.07) is 4.98. The molecule has 2 aromatic rings. The number of nitrogens with one attached hydrogen (secondary N) is 1. The minimum atomic E-state index is -0.204. The molecule has 0 aliphatic rings. The van der Waals surface area contributed by atoms with Gasteiger partial charge < -0.3 is 0 Å². The molecule has 90 valence electrons. The highest BCUT2D eigenvalue weighted by Crippen LogP contribution is 2.33. The Balaban J connectivity index is 2.69. The SMILES string of the molecule is Cc1n[nH]c(C)c1-c1cc(F)ccc1C(C)C. The van der Waals surface area contributed by atoms with Crippen LogP contribution >= 0.6 is 0 Å². The molecule has 17 heavy (non-hydrogen) atoms. The lowest BCUT2D eigenvalue weighted by molar-refractivity contribution is 0.627. The van der Waals surface area contributed by atoms with Gasteiger partial charge in [-0.15, -0.1) is 0 Å². The molecule has 0 aliphatic carbocycles. The molecular formula is C14H17FN2. The van der Waals surface area contributed by atoms with Gasteiger partial charge in [0.15, 0.2) is 0 Å². The number of aromatic amines is 1. The van der Waals surface area contributed by atoms with Crippen LogP contribution in [-0.4, -0.2) is 10.2 Å². The summed E-state index contributed by atoms with van der Waals surface area (Å²) in [7, 11) is 0. The second kappa shape index (κ2) is 4.32. The van der Waals surface area contributed by atoms with Gasteiger partial charge in [0.1, 0.15) is 5.82 Å². The lowest BCUT2D eigenvalue weighted by Crippen LogP contribution is -1.95. The van der Waals surface area contributed by atoms with Gasteiger partial charge in [-0.2, -0.15) is 5.10 Å². The molecule has 0 saturated heterocycles. The van der Waals surface area contributed by atoms with Crippen molar-refractivity contribution >= 4 is 0 Å². The van der Waals surface area contributed by atoms with Crippen molar-refractivity contribution in [2.45, 2.75) is 33.6 Å². The molecule has 1 aromatic carbocycles. The fourth-order valence-electron chi connectivity index (χ4n) is 2.20. The third kappa shape index (κ3) is 2.09. The average Bonchev–Trinajstić information content (AvgIpc) is 2.58. The van der Waals surface area contributed by atoms with E-state index in [0.717, 1.165) is 28.1 Å². The average molecular weight is 232 g/mol. The van der Waals surface area contributed by atoms with E-state index in [2.05, 4.69) is 24.0 Å². The molecule has 1 N–H and O–H groups in total. The molecule has 0 atom stereocenters. The molecule has 0 saturated carbocycles. The molecule has 2 nitrogen and oxygen atoms in total. The zero-order valence-corrected chi connectivity index (χ0v) is 10.6. The topological polar surface area (TPSA) is 28.7 Å². The first kappa shape index (κ1) is 11.8. The maximum Gasteiger partial charge on any atom is 0.123 e. The highest BCUT2D eigenvalue weighted by molar-refractivity contribution is 5.72. The van der Waals surface area contributed by atoms with Gasteiger partial charge in [0.25, 0.3) is 0 Å². The van der Waals surface area contributed by atoms with E-state index < -0.39 is 0 Å². The molecule has 3 heteroatoms. The Morgan fingerprint density at radius 3 is 2.47 bits per heavy atom. The van der Waals surface area contributed by atoms with Crippen molar-refractivity contribution in [2.24, 2.45) is 0 Å². The second-order valence-corrected chi connectivity index (χ2v) is 4.70. The number of halogens is 1. The highest BCUT2D eigenvalue weighted by Gasteiger charge is 2.15. The van der Waals surface area contributed by atoms with E-state index in [1.165, 1.54) is 6.07 Å². The van der Waals surface area contributed by atoms with Crippen LogP contribution in [0.5, 0.6) is 0 Å². The predicted molar refractivity (Wildman–Crippen MR) is 67.5 cm³/mol. The monoisotopic (exact) mass is 232 g/mol. The van der Waals surface area contributed by atoms with E-state index in [1.54, 1.807) is 6.07 Å². The lowest BCUT2D eigenvalue weighted by atomic mass is 9.91. The van der Waals surface area contributed by atoms with E-state index in [0.29, 0.717) is 5.92 Å². The van der Waals surface area contributed by atoms with Gasteiger partial charge in [-0.1, -0.05) is 19.9 Å².